The van der Waals surface area contributed by atoms with Crippen LogP contribution in [0.4, 0.5) is 5.69 Å². The molecule has 2 amide bonds. The molecule has 1 rings (SSSR count). The molecule has 0 atom stereocenters. The van der Waals surface area contributed by atoms with Gasteiger partial charge in [-0.05, 0) is 26.0 Å². The van der Waals surface area contributed by atoms with Crippen LogP contribution in [0.2, 0.25) is 0 Å². The molecular formula is C13H18N2O4. The predicted octanol–water partition coefficient (Wildman–Crippen LogP) is 0.914. The number of carbonyl (C=O) groups is 2. The normalized spacial score (nSPS) is 10.3. The number of benzene rings is 1. The third-order valence-electron chi connectivity index (χ3n) is 2.05. The second-order valence-electron chi connectivity index (χ2n) is 4.19. The van der Waals surface area contributed by atoms with Crippen molar-refractivity contribution in [1.29, 1.82) is 0 Å². The van der Waals surface area contributed by atoms with E-state index in [0.717, 1.165) is 0 Å². The number of ether oxygens (including phenoxy) is 2. The summed E-state index contributed by atoms with van der Waals surface area (Å²) < 4.78 is 10.3. The van der Waals surface area contributed by atoms with Gasteiger partial charge in [-0.15, -0.1) is 0 Å². The lowest BCUT2D eigenvalue weighted by Crippen LogP contribution is -2.21. The monoisotopic (exact) mass is 266 g/mol. The van der Waals surface area contributed by atoms with E-state index in [0.29, 0.717) is 11.4 Å². The molecule has 19 heavy (non-hydrogen) atoms. The smallest absolute Gasteiger partial charge is 0.255 e. The number of nitrogens with two attached hydrogens (primary N) is 1. The number of nitrogens with one attached hydrogen (secondary N) is 1. The molecule has 0 radical (unpaired) electrons. The maximum Gasteiger partial charge on any atom is 0.255 e. The van der Waals surface area contributed by atoms with Crippen LogP contribution < -0.4 is 15.8 Å². The summed E-state index contributed by atoms with van der Waals surface area (Å²) in [5.41, 5.74) is 5.55. The van der Waals surface area contributed by atoms with E-state index in [1.165, 1.54) is 0 Å². The highest BCUT2D eigenvalue weighted by molar-refractivity contribution is 5.91. The Hall–Kier alpha value is -2.08. The highest BCUT2D eigenvalue weighted by Gasteiger charge is 2.05. The fraction of sp³-hybridized carbons (Fsp3) is 0.385. The van der Waals surface area contributed by atoms with Gasteiger partial charge in [0.05, 0.1) is 6.10 Å². The first-order valence-corrected chi connectivity index (χ1v) is 5.90. The molecule has 0 saturated carbocycles. The lowest BCUT2D eigenvalue weighted by molar-refractivity contribution is -0.122. The van der Waals surface area contributed by atoms with E-state index in [4.69, 9.17) is 15.2 Å². The van der Waals surface area contributed by atoms with Gasteiger partial charge in [0.25, 0.3) is 5.91 Å². The molecule has 0 aliphatic rings. The molecule has 0 aromatic heterocycles. The topological polar surface area (TPSA) is 90.7 Å². The highest BCUT2D eigenvalue weighted by atomic mass is 16.5. The molecule has 1 aromatic carbocycles. The van der Waals surface area contributed by atoms with E-state index in [2.05, 4.69) is 5.32 Å². The Balaban J connectivity index is 2.51. The first kappa shape index (κ1) is 15.0. The van der Waals surface area contributed by atoms with Crippen molar-refractivity contribution in [2.24, 2.45) is 5.73 Å². The predicted molar refractivity (Wildman–Crippen MR) is 70.8 cm³/mol. The van der Waals surface area contributed by atoms with Crippen LogP contribution in [0, 0.1) is 0 Å². The quantitative estimate of drug-likeness (QED) is 0.767. The maximum atomic E-state index is 11.5. The van der Waals surface area contributed by atoms with E-state index in [-0.39, 0.29) is 25.2 Å². The minimum absolute atomic E-state index is 0.00372. The van der Waals surface area contributed by atoms with Crippen molar-refractivity contribution in [1.82, 2.24) is 0 Å². The summed E-state index contributed by atoms with van der Waals surface area (Å²) in [5, 5.41) is 2.67. The molecule has 0 aliphatic heterocycles. The average Bonchev–Trinajstić information content (AvgIpc) is 2.34. The Kier molecular flexibility index (Phi) is 5.81. The van der Waals surface area contributed by atoms with Gasteiger partial charge in [-0.25, -0.2) is 0 Å². The molecule has 104 valence electrons. The summed E-state index contributed by atoms with van der Waals surface area (Å²) in [6.45, 7) is 3.50. The van der Waals surface area contributed by atoms with E-state index < -0.39 is 5.91 Å². The Bertz CT molecular complexity index is 446. The summed E-state index contributed by atoms with van der Waals surface area (Å²) in [4.78, 5) is 22.1. The van der Waals surface area contributed by atoms with Gasteiger partial charge < -0.3 is 20.5 Å². The third kappa shape index (κ3) is 6.42. The van der Waals surface area contributed by atoms with Crippen LogP contribution in [0.5, 0.6) is 5.75 Å². The van der Waals surface area contributed by atoms with Crippen molar-refractivity contribution in [3.8, 4) is 5.75 Å². The number of hydrogen-bond donors (Lipinski definition) is 2. The van der Waals surface area contributed by atoms with Gasteiger partial charge in [0.1, 0.15) is 12.4 Å². The molecule has 6 heteroatoms. The second-order valence-corrected chi connectivity index (χ2v) is 4.19. The molecule has 0 saturated heterocycles. The van der Waals surface area contributed by atoms with Crippen molar-refractivity contribution in [2.75, 3.05) is 18.5 Å². The first-order valence-electron chi connectivity index (χ1n) is 5.90. The zero-order valence-corrected chi connectivity index (χ0v) is 11.0. The SMILES string of the molecule is CC(C)OCC(=O)Nc1cccc(OCC(N)=O)c1. The molecule has 0 bridgehead atoms. The molecular weight excluding hydrogens is 248 g/mol. The fourth-order valence-electron chi connectivity index (χ4n) is 1.26. The third-order valence-corrected chi connectivity index (χ3v) is 2.05. The van der Waals surface area contributed by atoms with Crippen molar-refractivity contribution < 1.29 is 19.1 Å². The molecule has 0 fully saturated rings. The summed E-state index contributed by atoms with van der Waals surface area (Å²) in [6.07, 6.45) is -0.00372. The number of hydrogen-bond acceptors (Lipinski definition) is 4. The van der Waals surface area contributed by atoms with Gasteiger partial charge in [0.15, 0.2) is 6.61 Å². The van der Waals surface area contributed by atoms with Crippen molar-refractivity contribution in [3.63, 3.8) is 0 Å². The molecule has 3 N–H and O–H groups in total. The molecule has 0 aliphatic carbocycles. The van der Waals surface area contributed by atoms with Gasteiger partial charge in [0.2, 0.25) is 5.91 Å². The Morgan fingerprint density at radius 3 is 2.68 bits per heavy atom. The summed E-state index contributed by atoms with van der Waals surface area (Å²) >= 11 is 0. The van der Waals surface area contributed by atoms with Crippen LogP contribution in [0.15, 0.2) is 24.3 Å². The molecule has 0 heterocycles. The summed E-state index contributed by atoms with van der Waals surface area (Å²) in [7, 11) is 0. The maximum absolute atomic E-state index is 11.5. The Morgan fingerprint density at radius 1 is 1.32 bits per heavy atom. The number of anilines is 1. The molecule has 0 spiro atoms. The van der Waals surface area contributed by atoms with Gasteiger partial charge in [-0.3, -0.25) is 9.59 Å². The minimum atomic E-state index is -0.556. The van der Waals surface area contributed by atoms with Gasteiger partial charge in [-0.1, -0.05) is 6.07 Å². The van der Waals surface area contributed by atoms with Crippen LogP contribution in [-0.4, -0.2) is 31.1 Å². The van der Waals surface area contributed by atoms with Crippen LogP contribution in [0.1, 0.15) is 13.8 Å². The van der Waals surface area contributed by atoms with Crippen LogP contribution in [0.25, 0.3) is 0 Å². The largest absolute Gasteiger partial charge is 0.484 e. The zero-order valence-electron chi connectivity index (χ0n) is 11.0. The van der Waals surface area contributed by atoms with Crippen LogP contribution >= 0.6 is 0 Å². The van der Waals surface area contributed by atoms with E-state index >= 15 is 0 Å². The highest BCUT2D eigenvalue weighted by Crippen LogP contribution is 2.17. The number of amides is 2. The van der Waals surface area contributed by atoms with E-state index in [1.54, 1.807) is 24.3 Å². The van der Waals surface area contributed by atoms with Crippen LogP contribution in [0.3, 0.4) is 0 Å². The fourth-order valence-corrected chi connectivity index (χ4v) is 1.26. The second kappa shape index (κ2) is 7.38. The van der Waals surface area contributed by atoms with E-state index in [1.807, 2.05) is 13.8 Å². The van der Waals surface area contributed by atoms with Crippen molar-refractivity contribution >= 4 is 17.5 Å². The minimum Gasteiger partial charge on any atom is -0.484 e. The van der Waals surface area contributed by atoms with Gasteiger partial charge >= 0.3 is 0 Å². The van der Waals surface area contributed by atoms with Gasteiger partial charge in [0, 0.05) is 11.8 Å². The van der Waals surface area contributed by atoms with Crippen molar-refractivity contribution in [2.45, 2.75) is 20.0 Å². The zero-order chi connectivity index (χ0) is 14.3. The Labute approximate surface area is 111 Å². The first-order chi connectivity index (χ1) is 8.97. The summed E-state index contributed by atoms with van der Waals surface area (Å²) in [5.74, 6) is -0.345. The lowest BCUT2D eigenvalue weighted by Gasteiger charge is -2.09. The van der Waals surface area contributed by atoms with E-state index in [9.17, 15) is 9.59 Å². The van der Waals surface area contributed by atoms with Crippen LogP contribution in [-0.2, 0) is 14.3 Å². The van der Waals surface area contributed by atoms with Crippen molar-refractivity contribution in [3.05, 3.63) is 24.3 Å². The number of carbonyl (C=O) groups excluding carboxylic acids is 2. The number of rotatable bonds is 7. The average molecular weight is 266 g/mol. The Morgan fingerprint density at radius 2 is 2.05 bits per heavy atom. The standard InChI is InChI=1S/C13H18N2O4/c1-9(2)18-8-13(17)15-10-4-3-5-11(6-10)19-7-12(14)16/h3-6,9H,7-8H2,1-2H3,(H2,14,16)(H,15,17). The molecule has 6 nitrogen and oxygen atoms in total. The van der Waals surface area contributed by atoms with Gasteiger partial charge in [-0.2, -0.15) is 0 Å². The molecule has 0 unspecified atom stereocenters. The summed E-state index contributed by atoms with van der Waals surface area (Å²) in [6, 6.07) is 6.69. The lowest BCUT2D eigenvalue weighted by atomic mass is 10.3. The number of primary amides is 1. The molecule has 1 aromatic rings.